The first-order valence-corrected chi connectivity index (χ1v) is 15.8. The topological polar surface area (TPSA) is 75.1 Å². The predicted molar refractivity (Wildman–Crippen MR) is 151 cm³/mol. The minimum atomic E-state index is -3.31. The zero-order valence-corrected chi connectivity index (χ0v) is 24.6. The van der Waals surface area contributed by atoms with E-state index < -0.39 is 15.3 Å². The fraction of sp³-hybridized carbons (Fsp3) is 0.690. The van der Waals surface area contributed by atoms with Gasteiger partial charge in [0.1, 0.15) is 17.5 Å². The highest BCUT2D eigenvalue weighted by Gasteiger charge is 2.42. The van der Waals surface area contributed by atoms with Crippen molar-refractivity contribution < 1.29 is 17.9 Å². The van der Waals surface area contributed by atoms with Crippen LogP contribution in [0.5, 0.6) is 5.75 Å². The number of sulfonamides is 1. The van der Waals surface area contributed by atoms with Gasteiger partial charge in [0.05, 0.1) is 5.25 Å². The molecule has 3 aliphatic rings. The third-order valence-corrected chi connectivity index (χ3v) is 10.9. The molecule has 210 valence electrons. The molecule has 3 saturated heterocycles. The molecule has 3 aliphatic heterocycles. The predicted octanol–water partition coefficient (Wildman–Crippen LogP) is 4.50. The van der Waals surface area contributed by atoms with Crippen molar-refractivity contribution in [2.24, 2.45) is 0 Å². The molecule has 3 fully saturated rings. The molecule has 1 aromatic carbocycles. The Balaban J connectivity index is 1.33. The molecule has 2 bridgehead atoms. The Morgan fingerprint density at radius 3 is 2.08 bits per heavy atom. The lowest BCUT2D eigenvalue weighted by atomic mass is 9.98. The van der Waals surface area contributed by atoms with Crippen LogP contribution in [0.1, 0.15) is 83.8 Å². The van der Waals surface area contributed by atoms with Gasteiger partial charge in [0.25, 0.3) is 5.91 Å². The highest BCUT2D eigenvalue weighted by atomic mass is 32.2. The third kappa shape index (κ3) is 4.97. The summed E-state index contributed by atoms with van der Waals surface area (Å²) in [5.74, 6) is 0.823. The molecule has 0 unspecified atom stereocenters. The third-order valence-electron chi connectivity index (χ3n) is 8.67. The summed E-state index contributed by atoms with van der Waals surface area (Å²) in [4.78, 5) is 18.1. The molecule has 0 saturated carbocycles. The average Bonchev–Trinajstić information content (AvgIpc) is 3.38. The standard InChI is InChI=1S/C29H44N4O4S/c1-19(2)32-23-7-8-24(32)18-26(17-23)37-25-9-10-27-22(15-25)16-28(33(27)20(3)4)29(34)30-11-13-31(14-12-30)38(35,36)21(5)6/h9-10,15-16,19-21,23-24,26H,7-8,11-14,17-18H2,1-6H3/t23-,24+,26-. The average molecular weight is 545 g/mol. The lowest BCUT2D eigenvalue weighted by Crippen LogP contribution is -2.52. The van der Waals surface area contributed by atoms with Crippen molar-refractivity contribution in [2.45, 2.75) is 103 Å². The maximum absolute atomic E-state index is 13.7. The quantitative estimate of drug-likeness (QED) is 0.513. The molecular formula is C29H44N4O4S. The first-order chi connectivity index (χ1) is 18.0. The number of hydrogen-bond donors (Lipinski definition) is 0. The Hall–Kier alpha value is -2.10. The Labute approximate surface area is 227 Å². The van der Waals surface area contributed by atoms with Gasteiger partial charge in [0.15, 0.2) is 0 Å². The number of fused-ring (bicyclic) bond motifs is 3. The van der Waals surface area contributed by atoms with Crippen molar-refractivity contribution in [3.8, 4) is 5.75 Å². The second-order valence-corrected chi connectivity index (χ2v) is 14.6. The fourth-order valence-electron chi connectivity index (χ4n) is 6.91. The number of piperazine rings is 1. The van der Waals surface area contributed by atoms with Crippen LogP contribution in [0, 0.1) is 0 Å². The van der Waals surface area contributed by atoms with Gasteiger partial charge in [-0.3, -0.25) is 9.69 Å². The SMILES string of the molecule is CC(C)N1[C@@H]2CC[C@H]1C[C@H](Oc1ccc3c(c1)cc(C(=O)N1CCN(S(=O)(=O)C(C)C)CC1)n3C(C)C)C2. The summed E-state index contributed by atoms with van der Waals surface area (Å²) in [6, 6.07) is 10.1. The molecule has 0 spiro atoms. The van der Waals surface area contributed by atoms with Crippen molar-refractivity contribution in [3.05, 3.63) is 30.0 Å². The fourth-order valence-corrected chi connectivity index (χ4v) is 8.18. The van der Waals surface area contributed by atoms with Crippen LogP contribution in [0.3, 0.4) is 0 Å². The minimum Gasteiger partial charge on any atom is -0.490 e. The molecule has 3 atom stereocenters. The number of rotatable bonds is 7. The van der Waals surface area contributed by atoms with Gasteiger partial charge in [-0.25, -0.2) is 8.42 Å². The van der Waals surface area contributed by atoms with E-state index in [2.05, 4.69) is 49.3 Å². The Kier molecular flexibility index (Phi) is 7.57. The molecule has 1 amide bonds. The Bertz CT molecular complexity index is 1260. The molecule has 9 heteroatoms. The van der Waals surface area contributed by atoms with Gasteiger partial charge in [0, 0.05) is 61.2 Å². The molecule has 1 aromatic heterocycles. The van der Waals surface area contributed by atoms with Crippen LogP contribution in [-0.2, 0) is 10.0 Å². The molecule has 38 heavy (non-hydrogen) atoms. The summed E-state index contributed by atoms with van der Waals surface area (Å²) >= 11 is 0. The first kappa shape index (κ1) is 27.5. The second-order valence-electron chi connectivity index (χ2n) is 12.1. The number of benzene rings is 1. The van der Waals surface area contributed by atoms with Gasteiger partial charge in [-0.1, -0.05) is 0 Å². The summed E-state index contributed by atoms with van der Waals surface area (Å²) in [6.45, 7) is 13.6. The van der Waals surface area contributed by atoms with Gasteiger partial charge >= 0.3 is 0 Å². The molecule has 5 rings (SSSR count). The van der Waals surface area contributed by atoms with Crippen LogP contribution in [-0.4, -0.2) is 88.7 Å². The van der Waals surface area contributed by atoms with Gasteiger partial charge in [0.2, 0.25) is 10.0 Å². The van der Waals surface area contributed by atoms with E-state index in [9.17, 15) is 13.2 Å². The van der Waals surface area contributed by atoms with Crippen molar-refractivity contribution in [1.82, 2.24) is 18.7 Å². The number of carbonyl (C=O) groups is 1. The summed E-state index contributed by atoms with van der Waals surface area (Å²) < 4.78 is 35.3. The molecule has 2 aromatic rings. The van der Waals surface area contributed by atoms with Crippen molar-refractivity contribution in [1.29, 1.82) is 0 Å². The van der Waals surface area contributed by atoms with Crippen LogP contribution in [0.25, 0.3) is 10.9 Å². The largest absolute Gasteiger partial charge is 0.490 e. The molecular weight excluding hydrogens is 500 g/mol. The lowest BCUT2D eigenvalue weighted by molar-refractivity contribution is 0.0308. The maximum Gasteiger partial charge on any atom is 0.270 e. The highest BCUT2D eigenvalue weighted by molar-refractivity contribution is 7.89. The second kappa shape index (κ2) is 10.5. The van der Waals surface area contributed by atoms with Gasteiger partial charge < -0.3 is 14.2 Å². The highest BCUT2D eigenvalue weighted by Crippen LogP contribution is 2.39. The van der Waals surface area contributed by atoms with E-state index in [-0.39, 0.29) is 18.1 Å². The number of piperidine rings is 1. The van der Waals surface area contributed by atoms with Crippen molar-refractivity contribution in [2.75, 3.05) is 26.2 Å². The van der Waals surface area contributed by atoms with E-state index in [1.807, 2.05) is 12.1 Å². The van der Waals surface area contributed by atoms with Gasteiger partial charge in [-0.05, 0) is 91.5 Å². The van der Waals surface area contributed by atoms with E-state index >= 15 is 0 Å². The van der Waals surface area contributed by atoms with E-state index in [1.54, 1.807) is 18.7 Å². The van der Waals surface area contributed by atoms with E-state index in [0.29, 0.717) is 50.0 Å². The molecule has 8 nitrogen and oxygen atoms in total. The molecule has 0 N–H and O–H groups in total. The number of nitrogens with zero attached hydrogens (tertiary/aromatic N) is 4. The summed E-state index contributed by atoms with van der Waals surface area (Å²) in [5, 5.41) is 0.547. The van der Waals surface area contributed by atoms with E-state index in [1.165, 1.54) is 17.1 Å². The molecule has 0 aliphatic carbocycles. The van der Waals surface area contributed by atoms with E-state index in [0.717, 1.165) is 29.5 Å². The number of amides is 1. The molecule has 0 radical (unpaired) electrons. The number of ether oxygens (including phenoxy) is 1. The number of aromatic nitrogens is 1. The smallest absolute Gasteiger partial charge is 0.270 e. The van der Waals surface area contributed by atoms with Crippen molar-refractivity contribution >= 4 is 26.8 Å². The van der Waals surface area contributed by atoms with Crippen LogP contribution >= 0.6 is 0 Å². The lowest BCUT2D eigenvalue weighted by Gasteiger charge is -2.41. The number of hydrogen-bond acceptors (Lipinski definition) is 5. The summed E-state index contributed by atoms with van der Waals surface area (Å²) in [5.41, 5.74) is 1.67. The Morgan fingerprint density at radius 2 is 1.53 bits per heavy atom. The van der Waals surface area contributed by atoms with Crippen molar-refractivity contribution in [3.63, 3.8) is 0 Å². The zero-order valence-electron chi connectivity index (χ0n) is 23.8. The van der Waals surface area contributed by atoms with Crippen LogP contribution < -0.4 is 4.74 Å². The summed E-state index contributed by atoms with van der Waals surface area (Å²) in [7, 11) is -3.31. The van der Waals surface area contributed by atoms with E-state index in [4.69, 9.17) is 4.74 Å². The van der Waals surface area contributed by atoms with Crippen LogP contribution in [0.4, 0.5) is 0 Å². The van der Waals surface area contributed by atoms with Crippen LogP contribution in [0.2, 0.25) is 0 Å². The zero-order chi connectivity index (χ0) is 27.4. The molecule has 4 heterocycles. The normalized spacial score (nSPS) is 25.3. The first-order valence-electron chi connectivity index (χ1n) is 14.3. The Morgan fingerprint density at radius 1 is 0.895 bits per heavy atom. The minimum absolute atomic E-state index is 0.0448. The monoisotopic (exact) mass is 544 g/mol. The van der Waals surface area contributed by atoms with Gasteiger partial charge in [-0.15, -0.1) is 0 Å². The maximum atomic E-state index is 13.7. The van der Waals surface area contributed by atoms with Crippen LogP contribution in [0.15, 0.2) is 24.3 Å². The summed E-state index contributed by atoms with van der Waals surface area (Å²) in [6.07, 6.45) is 4.90. The number of carbonyl (C=O) groups excluding carboxylic acids is 1. The van der Waals surface area contributed by atoms with Gasteiger partial charge in [-0.2, -0.15) is 4.31 Å².